The quantitative estimate of drug-likeness (QED) is 0.889. The number of carboxylic acids is 1. The highest BCUT2D eigenvalue weighted by Gasteiger charge is 2.45. The number of hydrogen-bond donors (Lipinski definition) is 1. The Morgan fingerprint density at radius 3 is 2.60 bits per heavy atom. The molecule has 1 aliphatic rings. The Kier molecular flexibility index (Phi) is 3.58. The van der Waals surface area contributed by atoms with Gasteiger partial charge in [0, 0.05) is 13.6 Å². The first kappa shape index (κ1) is 14.6. The lowest BCUT2D eigenvalue weighted by atomic mass is 9.76. The third-order valence-electron chi connectivity index (χ3n) is 3.99. The Labute approximate surface area is 118 Å². The van der Waals surface area contributed by atoms with Crippen molar-refractivity contribution in [3.63, 3.8) is 0 Å². The minimum atomic E-state index is -0.943. The normalized spacial score (nSPS) is 21.8. The number of piperidine rings is 1. The van der Waals surface area contributed by atoms with Crippen LogP contribution in [0.3, 0.4) is 0 Å². The van der Waals surface area contributed by atoms with Gasteiger partial charge in [-0.1, -0.05) is 13.8 Å². The summed E-state index contributed by atoms with van der Waals surface area (Å²) in [4.78, 5) is 25.7. The number of hydrogen-bond acceptors (Lipinski definition) is 3. The molecule has 1 aliphatic heterocycles. The standard InChI is InChI=1S/C14H21N3O3/c1-9-8-10(16(4)15-9)12(18)17-7-5-6-14(2,3)11(17)13(19)20/h8,11H,5-7H2,1-4H3,(H,19,20). The number of carbonyl (C=O) groups is 2. The maximum Gasteiger partial charge on any atom is 0.326 e. The van der Waals surface area contributed by atoms with Crippen molar-refractivity contribution in [1.82, 2.24) is 14.7 Å². The summed E-state index contributed by atoms with van der Waals surface area (Å²) in [6.07, 6.45) is 1.62. The summed E-state index contributed by atoms with van der Waals surface area (Å²) < 4.78 is 1.51. The van der Waals surface area contributed by atoms with Crippen LogP contribution in [-0.2, 0) is 11.8 Å². The number of aromatic nitrogens is 2. The van der Waals surface area contributed by atoms with Gasteiger partial charge in [0.25, 0.3) is 5.91 Å². The van der Waals surface area contributed by atoms with Crippen molar-refractivity contribution >= 4 is 11.9 Å². The van der Waals surface area contributed by atoms with Gasteiger partial charge in [0.05, 0.1) is 5.69 Å². The molecule has 6 heteroatoms. The summed E-state index contributed by atoms with van der Waals surface area (Å²) in [7, 11) is 1.70. The number of rotatable bonds is 2. The number of aryl methyl sites for hydroxylation is 2. The van der Waals surface area contributed by atoms with Crippen LogP contribution in [0.1, 0.15) is 42.9 Å². The van der Waals surface area contributed by atoms with Crippen molar-refractivity contribution in [1.29, 1.82) is 0 Å². The second-order valence-electron chi connectivity index (χ2n) is 6.13. The monoisotopic (exact) mass is 279 g/mol. The second-order valence-corrected chi connectivity index (χ2v) is 6.13. The third-order valence-corrected chi connectivity index (χ3v) is 3.99. The average molecular weight is 279 g/mol. The molecule has 20 heavy (non-hydrogen) atoms. The SMILES string of the molecule is Cc1cc(C(=O)N2CCCC(C)(C)C2C(=O)O)n(C)n1. The fourth-order valence-electron chi connectivity index (χ4n) is 3.04. The number of carbonyl (C=O) groups excluding carboxylic acids is 1. The lowest BCUT2D eigenvalue weighted by Crippen LogP contribution is -2.56. The minimum Gasteiger partial charge on any atom is -0.480 e. The molecule has 0 radical (unpaired) electrons. The molecule has 1 unspecified atom stereocenters. The Balaban J connectivity index is 2.36. The number of aliphatic carboxylic acids is 1. The molecule has 0 aromatic carbocycles. The van der Waals surface area contributed by atoms with Crippen LogP contribution in [0.4, 0.5) is 0 Å². The van der Waals surface area contributed by atoms with E-state index in [0.29, 0.717) is 12.2 Å². The highest BCUT2D eigenvalue weighted by atomic mass is 16.4. The predicted octanol–water partition coefficient (Wildman–Crippen LogP) is 1.44. The summed E-state index contributed by atoms with van der Waals surface area (Å²) >= 11 is 0. The number of carboxylic acid groups (broad SMARTS) is 1. The van der Waals surface area contributed by atoms with E-state index >= 15 is 0 Å². The van der Waals surface area contributed by atoms with E-state index in [2.05, 4.69) is 5.10 Å². The van der Waals surface area contributed by atoms with Crippen LogP contribution in [0.15, 0.2) is 6.07 Å². The van der Waals surface area contributed by atoms with Crippen LogP contribution in [0.5, 0.6) is 0 Å². The largest absolute Gasteiger partial charge is 0.480 e. The highest BCUT2D eigenvalue weighted by Crippen LogP contribution is 2.36. The maximum absolute atomic E-state index is 12.6. The van der Waals surface area contributed by atoms with E-state index in [-0.39, 0.29) is 5.91 Å². The predicted molar refractivity (Wildman–Crippen MR) is 73.4 cm³/mol. The molecule has 1 atom stereocenters. The molecule has 0 bridgehead atoms. The molecule has 2 rings (SSSR count). The van der Waals surface area contributed by atoms with Gasteiger partial charge in [-0.3, -0.25) is 9.48 Å². The summed E-state index contributed by atoms with van der Waals surface area (Å²) in [5.41, 5.74) is 0.762. The van der Waals surface area contributed by atoms with Gasteiger partial charge in [0.2, 0.25) is 0 Å². The van der Waals surface area contributed by atoms with Crippen molar-refractivity contribution in [2.75, 3.05) is 6.54 Å². The molecule has 1 saturated heterocycles. The first-order valence-electron chi connectivity index (χ1n) is 6.78. The summed E-state index contributed by atoms with van der Waals surface area (Å²) in [6, 6.07) is 0.905. The number of likely N-dealkylation sites (tertiary alicyclic amines) is 1. The van der Waals surface area contributed by atoms with Crippen LogP contribution >= 0.6 is 0 Å². The average Bonchev–Trinajstić information content (AvgIpc) is 2.65. The van der Waals surface area contributed by atoms with Crippen LogP contribution in [0, 0.1) is 12.3 Å². The van der Waals surface area contributed by atoms with Crippen LogP contribution < -0.4 is 0 Å². The molecule has 1 aromatic heterocycles. The zero-order valence-electron chi connectivity index (χ0n) is 12.4. The van der Waals surface area contributed by atoms with E-state index in [4.69, 9.17) is 0 Å². The van der Waals surface area contributed by atoms with Gasteiger partial charge in [0.1, 0.15) is 11.7 Å². The Hall–Kier alpha value is -1.85. The zero-order chi connectivity index (χ0) is 15.1. The van der Waals surface area contributed by atoms with E-state index in [1.165, 1.54) is 9.58 Å². The van der Waals surface area contributed by atoms with Crippen LogP contribution in [-0.4, -0.2) is 44.3 Å². The Bertz CT molecular complexity index is 548. The van der Waals surface area contributed by atoms with Crippen molar-refractivity contribution in [3.05, 3.63) is 17.5 Å². The van der Waals surface area contributed by atoms with E-state index in [1.807, 2.05) is 20.8 Å². The van der Waals surface area contributed by atoms with Gasteiger partial charge < -0.3 is 10.0 Å². The van der Waals surface area contributed by atoms with Gasteiger partial charge >= 0.3 is 5.97 Å². The van der Waals surface area contributed by atoms with Gasteiger partial charge in [-0.15, -0.1) is 0 Å². The summed E-state index contributed by atoms with van der Waals surface area (Å²) in [5, 5.41) is 13.7. The van der Waals surface area contributed by atoms with E-state index < -0.39 is 17.4 Å². The van der Waals surface area contributed by atoms with Gasteiger partial charge in [-0.2, -0.15) is 5.10 Å². The fourth-order valence-corrected chi connectivity index (χ4v) is 3.04. The van der Waals surface area contributed by atoms with Gasteiger partial charge in [-0.25, -0.2) is 4.79 Å². The molecular formula is C14H21N3O3. The van der Waals surface area contributed by atoms with E-state index in [0.717, 1.165) is 18.5 Å². The second kappa shape index (κ2) is 4.92. The highest BCUT2D eigenvalue weighted by molar-refractivity contribution is 5.95. The molecular weight excluding hydrogens is 258 g/mol. The van der Waals surface area contributed by atoms with Crippen molar-refractivity contribution < 1.29 is 14.7 Å². The molecule has 0 aliphatic carbocycles. The molecule has 1 N–H and O–H groups in total. The van der Waals surface area contributed by atoms with Crippen molar-refractivity contribution in [2.45, 2.75) is 39.7 Å². The van der Waals surface area contributed by atoms with Crippen molar-refractivity contribution in [2.24, 2.45) is 12.5 Å². The lowest BCUT2D eigenvalue weighted by molar-refractivity contribution is -0.148. The van der Waals surface area contributed by atoms with Crippen LogP contribution in [0.2, 0.25) is 0 Å². The zero-order valence-corrected chi connectivity index (χ0v) is 12.4. The molecule has 1 fully saturated rings. The third kappa shape index (κ3) is 2.42. The first-order valence-corrected chi connectivity index (χ1v) is 6.78. The molecule has 6 nitrogen and oxygen atoms in total. The molecule has 0 spiro atoms. The maximum atomic E-state index is 12.6. The topological polar surface area (TPSA) is 75.4 Å². The summed E-state index contributed by atoms with van der Waals surface area (Å²) in [6.45, 7) is 6.09. The molecule has 2 heterocycles. The Morgan fingerprint density at radius 2 is 2.10 bits per heavy atom. The molecule has 0 saturated carbocycles. The van der Waals surface area contributed by atoms with E-state index in [1.54, 1.807) is 13.1 Å². The van der Waals surface area contributed by atoms with Crippen LogP contribution in [0.25, 0.3) is 0 Å². The van der Waals surface area contributed by atoms with Gasteiger partial charge in [0.15, 0.2) is 0 Å². The van der Waals surface area contributed by atoms with Crippen molar-refractivity contribution in [3.8, 4) is 0 Å². The Morgan fingerprint density at radius 1 is 1.45 bits per heavy atom. The molecule has 110 valence electrons. The van der Waals surface area contributed by atoms with E-state index in [9.17, 15) is 14.7 Å². The molecule has 1 amide bonds. The lowest BCUT2D eigenvalue weighted by Gasteiger charge is -2.43. The first-order chi connectivity index (χ1) is 9.24. The minimum absolute atomic E-state index is 0.256. The summed E-state index contributed by atoms with van der Waals surface area (Å²) in [5.74, 6) is -1.20. The fraction of sp³-hybridized carbons (Fsp3) is 0.643. The smallest absolute Gasteiger partial charge is 0.326 e. The van der Waals surface area contributed by atoms with Gasteiger partial charge in [-0.05, 0) is 31.2 Å². The molecule has 1 aromatic rings. The number of amides is 1. The number of nitrogens with zero attached hydrogens (tertiary/aromatic N) is 3.